The minimum absolute atomic E-state index is 0.0804. The van der Waals surface area contributed by atoms with Crippen LogP contribution in [0.25, 0.3) is 5.76 Å². The normalized spacial score (nSPS) is 18.5. The van der Waals surface area contributed by atoms with Crippen molar-refractivity contribution in [1.82, 2.24) is 4.90 Å². The summed E-state index contributed by atoms with van der Waals surface area (Å²) in [6, 6.07) is 13.7. The highest BCUT2D eigenvalue weighted by molar-refractivity contribution is 6.46. The topological polar surface area (TPSA) is 76.1 Å². The van der Waals surface area contributed by atoms with Crippen molar-refractivity contribution in [3.63, 3.8) is 0 Å². The molecule has 0 spiro atoms. The van der Waals surface area contributed by atoms with Crippen LogP contribution in [0.2, 0.25) is 0 Å². The fraction of sp³-hybridized carbons (Fsp3) is 0.273. The van der Waals surface area contributed by atoms with Crippen molar-refractivity contribution in [2.75, 3.05) is 27.4 Å². The standard InChI is InChI=1S/C22H23NO5/c1-14-13-16(9-10-17(14)28-3)20(24)18-19(15-7-5-4-6-8-15)23(11-12-27-2)22(26)21(18)25/h4-10,13,19,24H,11-12H2,1-3H3/b20-18+/t19-/m1/s1. The van der Waals surface area contributed by atoms with Crippen molar-refractivity contribution in [2.45, 2.75) is 13.0 Å². The zero-order chi connectivity index (χ0) is 20.3. The maximum Gasteiger partial charge on any atom is 0.295 e. The summed E-state index contributed by atoms with van der Waals surface area (Å²) in [6.07, 6.45) is 0. The van der Waals surface area contributed by atoms with E-state index in [9.17, 15) is 14.7 Å². The van der Waals surface area contributed by atoms with E-state index in [-0.39, 0.29) is 24.5 Å². The number of amides is 1. The van der Waals surface area contributed by atoms with Gasteiger partial charge in [0.1, 0.15) is 11.5 Å². The summed E-state index contributed by atoms with van der Waals surface area (Å²) >= 11 is 0. The summed E-state index contributed by atoms with van der Waals surface area (Å²) in [7, 11) is 3.10. The van der Waals surface area contributed by atoms with E-state index < -0.39 is 17.7 Å². The Morgan fingerprint density at radius 1 is 1.11 bits per heavy atom. The number of aliphatic hydroxyl groups excluding tert-OH is 1. The Bertz CT molecular complexity index is 920. The number of Topliss-reactive ketones (excluding diaryl/α,β-unsaturated/α-hetero) is 1. The van der Waals surface area contributed by atoms with E-state index >= 15 is 0 Å². The Balaban J connectivity index is 2.15. The number of benzene rings is 2. The quantitative estimate of drug-likeness (QED) is 0.473. The lowest BCUT2D eigenvalue weighted by Gasteiger charge is -2.25. The minimum Gasteiger partial charge on any atom is -0.507 e. The average Bonchev–Trinajstić information content (AvgIpc) is 2.97. The van der Waals surface area contributed by atoms with Gasteiger partial charge in [0.25, 0.3) is 11.7 Å². The molecular formula is C22H23NO5. The molecule has 0 saturated carbocycles. The van der Waals surface area contributed by atoms with Crippen LogP contribution < -0.4 is 4.74 Å². The number of likely N-dealkylation sites (tertiary alicyclic amines) is 1. The zero-order valence-corrected chi connectivity index (χ0v) is 16.1. The van der Waals surface area contributed by atoms with E-state index in [4.69, 9.17) is 9.47 Å². The monoisotopic (exact) mass is 381 g/mol. The third-order valence-electron chi connectivity index (χ3n) is 4.86. The van der Waals surface area contributed by atoms with Gasteiger partial charge in [-0.1, -0.05) is 30.3 Å². The van der Waals surface area contributed by atoms with E-state index in [0.717, 1.165) is 11.1 Å². The number of aryl methyl sites for hydroxylation is 1. The molecule has 1 heterocycles. The second kappa shape index (κ2) is 8.27. The molecule has 1 fully saturated rings. The molecule has 0 unspecified atom stereocenters. The first-order chi connectivity index (χ1) is 13.5. The summed E-state index contributed by atoms with van der Waals surface area (Å²) in [5.41, 5.74) is 2.11. The molecule has 1 aliphatic heterocycles. The Hall–Kier alpha value is -3.12. The lowest BCUT2D eigenvalue weighted by Crippen LogP contribution is -2.32. The predicted octanol–water partition coefficient (Wildman–Crippen LogP) is 3.07. The van der Waals surface area contributed by atoms with Crippen LogP contribution in [-0.4, -0.2) is 49.1 Å². The third kappa shape index (κ3) is 3.51. The summed E-state index contributed by atoms with van der Waals surface area (Å²) < 4.78 is 10.3. The molecule has 146 valence electrons. The molecule has 28 heavy (non-hydrogen) atoms. The van der Waals surface area contributed by atoms with Crippen molar-refractivity contribution in [3.05, 3.63) is 70.8 Å². The van der Waals surface area contributed by atoms with E-state index in [1.54, 1.807) is 25.3 Å². The number of hydrogen-bond donors (Lipinski definition) is 1. The van der Waals surface area contributed by atoms with Gasteiger partial charge < -0.3 is 19.5 Å². The summed E-state index contributed by atoms with van der Waals surface area (Å²) in [5.74, 6) is -0.858. The van der Waals surface area contributed by atoms with Crippen LogP contribution in [-0.2, 0) is 14.3 Å². The third-order valence-corrected chi connectivity index (χ3v) is 4.86. The average molecular weight is 381 g/mol. The van der Waals surface area contributed by atoms with Crippen molar-refractivity contribution in [1.29, 1.82) is 0 Å². The number of aliphatic hydroxyl groups is 1. The number of methoxy groups -OCH3 is 2. The van der Waals surface area contributed by atoms with Crippen LogP contribution in [0.1, 0.15) is 22.7 Å². The van der Waals surface area contributed by atoms with Gasteiger partial charge in [-0.15, -0.1) is 0 Å². The maximum absolute atomic E-state index is 12.8. The number of ether oxygens (including phenoxy) is 2. The largest absolute Gasteiger partial charge is 0.507 e. The first-order valence-electron chi connectivity index (χ1n) is 8.97. The highest BCUT2D eigenvalue weighted by atomic mass is 16.5. The molecule has 0 radical (unpaired) electrons. The van der Waals surface area contributed by atoms with E-state index in [0.29, 0.717) is 11.3 Å². The zero-order valence-electron chi connectivity index (χ0n) is 16.1. The second-order valence-corrected chi connectivity index (χ2v) is 6.58. The van der Waals surface area contributed by atoms with Crippen molar-refractivity contribution >= 4 is 17.4 Å². The molecule has 1 atom stereocenters. The van der Waals surface area contributed by atoms with Crippen LogP contribution in [0.5, 0.6) is 5.75 Å². The Morgan fingerprint density at radius 3 is 2.43 bits per heavy atom. The first-order valence-corrected chi connectivity index (χ1v) is 8.97. The molecular weight excluding hydrogens is 358 g/mol. The van der Waals surface area contributed by atoms with Gasteiger partial charge in [-0.05, 0) is 36.2 Å². The molecule has 2 aromatic carbocycles. The Morgan fingerprint density at radius 2 is 1.82 bits per heavy atom. The molecule has 1 saturated heterocycles. The van der Waals surface area contributed by atoms with Crippen LogP contribution >= 0.6 is 0 Å². The summed E-state index contributed by atoms with van der Waals surface area (Å²) in [6.45, 7) is 2.39. The fourth-order valence-electron chi connectivity index (χ4n) is 3.46. The lowest BCUT2D eigenvalue weighted by molar-refractivity contribution is -0.140. The molecule has 6 heteroatoms. The Labute approximate surface area is 164 Å². The number of carbonyl (C=O) groups excluding carboxylic acids is 2. The minimum atomic E-state index is -0.698. The summed E-state index contributed by atoms with van der Waals surface area (Å²) in [5, 5.41) is 11.0. The van der Waals surface area contributed by atoms with Crippen molar-refractivity contribution in [2.24, 2.45) is 0 Å². The SMILES string of the molecule is COCCN1C(=O)C(=O)/C(=C(/O)c2ccc(OC)c(C)c2)[C@H]1c1ccccc1. The van der Waals surface area contributed by atoms with Crippen LogP contribution in [0.3, 0.4) is 0 Å². The lowest BCUT2D eigenvalue weighted by atomic mass is 9.95. The molecule has 6 nitrogen and oxygen atoms in total. The molecule has 1 aliphatic rings. The molecule has 1 N–H and O–H groups in total. The molecule has 3 rings (SSSR count). The van der Waals surface area contributed by atoms with Gasteiger partial charge in [0.05, 0.1) is 25.3 Å². The molecule has 0 aromatic heterocycles. The maximum atomic E-state index is 12.8. The fourth-order valence-corrected chi connectivity index (χ4v) is 3.46. The number of hydrogen-bond acceptors (Lipinski definition) is 5. The first kappa shape index (κ1) is 19.6. The van der Waals surface area contributed by atoms with Crippen molar-refractivity contribution < 1.29 is 24.2 Å². The number of carbonyl (C=O) groups is 2. The van der Waals surface area contributed by atoms with Crippen LogP contribution in [0, 0.1) is 6.92 Å². The summed E-state index contributed by atoms with van der Waals surface area (Å²) in [4.78, 5) is 26.9. The van der Waals surface area contributed by atoms with E-state index in [2.05, 4.69) is 0 Å². The molecule has 0 bridgehead atoms. The number of rotatable bonds is 6. The molecule has 2 aromatic rings. The van der Waals surface area contributed by atoms with E-state index in [1.165, 1.54) is 12.0 Å². The van der Waals surface area contributed by atoms with Crippen LogP contribution in [0.15, 0.2) is 54.1 Å². The van der Waals surface area contributed by atoms with Gasteiger partial charge in [0, 0.05) is 19.2 Å². The van der Waals surface area contributed by atoms with Crippen molar-refractivity contribution in [3.8, 4) is 5.75 Å². The van der Waals surface area contributed by atoms with Crippen LogP contribution in [0.4, 0.5) is 0 Å². The predicted molar refractivity (Wildman–Crippen MR) is 105 cm³/mol. The number of nitrogens with zero attached hydrogens (tertiary/aromatic N) is 1. The van der Waals surface area contributed by atoms with Gasteiger partial charge >= 0.3 is 0 Å². The van der Waals surface area contributed by atoms with Gasteiger partial charge in [0.15, 0.2) is 0 Å². The van der Waals surface area contributed by atoms with Gasteiger partial charge in [-0.3, -0.25) is 9.59 Å². The smallest absolute Gasteiger partial charge is 0.295 e. The highest BCUT2D eigenvalue weighted by Gasteiger charge is 2.45. The van der Waals surface area contributed by atoms with Gasteiger partial charge in [-0.25, -0.2) is 0 Å². The van der Waals surface area contributed by atoms with Gasteiger partial charge in [0.2, 0.25) is 0 Å². The Kier molecular flexibility index (Phi) is 5.80. The number of ketones is 1. The molecule has 0 aliphatic carbocycles. The molecule has 1 amide bonds. The van der Waals surface area contributed by atoms with E-state index in [1.807, 2.05) is 37.3 Å². The van der Waals surface area contributed by atoms with Gasteiger partial charge in [-0.2, -0.15) is 0 Å². The highest BCUT2D eigenvalue weighted by Crippen LogP contribution is 2.39. The second-order valence-electron chi connectivity index (χ2n) is 6.58.